The van der Waals surface area contributed by atoms with Crippen molar-refractivity contribution in [2.75, 3.05) is 31.1 Å². The van der Waals surface area contributed by atoms with Crippen LogP contribution in [0.1, 0.15) is 31.0 Å². The quantitative estimate of drug-likeness (QED) is 0.453. The lowest BCUT2D eigenvalue weighted by Gasteiger charge is -2.39. The molecule has 1 saturated heterocycles. The summed E-state index contributed by atoms with van der Waals surface area (Å²) in [6.45, 7) is 7.39. The number of carbonyl (C=O) groups excluding carboxylic acids is 1. The highest BCUT2D eigenvalue weighted by Gasteiger charge is 2.28. The fourth-order valence-electron chi connectivity index (χ4n) is 5.29. The van der Waals surface area contributed by atoms with E-state index in [1.165, 1.54) is 5.56 Å². The van der Waals surface area contributed by atoms with Gasteiger partial charge < -0.3 is 14.9 Å². The summed E-state index contributed by atoms with van der Waals surface area (Å²) in [5.74, 6) is 0.354. The van der Waals surface area contributed by atoms with Crippen molar-refractivity contribution in [3.05, 3.63) is 76.3 Å². The van der Waals surface area contributed by atoms with Crippen LogP contribution in [0.4, 0.5) is 5.95 Å². The maximum absolute atomic E-state index is 13.0. The average Bonchev–Trinajstić information content (AvgIpc) is 3.16. The van der Waals surface area contributed by atoms with E-state index in [9.17, 15) is 14.7 Å². The maximum Gasteiger partial charge on any atom is 0.274 e. The lowest BCUT2D eigenvalue weighted by atomic mass is 10.0. The third-order valence-electron chi connectivity index (χ3n) is 7.32. The topological polar surface area (TPSA) is 96.5 Å². The third kappa shape index (κ3) is 4.51. The molecule has 3 heterocycles. The van der Waals surface area contributed by atoms with Gasteiger partial charge in [-0.05, 0) is 44.0 Å². The zero-order chi connectivity index (χ0) is 26.3. The number of carbonyl (C=O) groups is 1. The van der Waals surface area contributed by atoms with Crippen LogP contribution in [0.2, 0.25) is 0 Å². The molecule has 192 valence electrons. The highest BCUT2D eigenvalue weighted by Crippen LogP contribution is 2.28. The normalized spacial score (nSPS) is 16.8. The van der Waals surface area contributed by atoms with E-state index in [1.54, 1.807) is 29.0 Å². The lowest BCUT2D eigenvalue weighted by Crippen LogP contribution is -2.55. The Morgan fingerprint density at radius 3 is 2.54 bits per heavy atom. The lowest BCUT2D eigenvalue weighted by molar-refractivity contribution is -0.136. The van der Waals surface area contributed by atoms with Crippen LogP contribution in [0, 0.1) is 6.92 Å². The molecule has 0 radical (unpaired) electrons. The maximum atomic E-state index is 13.0. The Labute approximate surface area is 215 Å². The molecule has 1 aliphatic heterocycles. The Kier molecular flexibility index (Phi) is 6.55. The van der Waals surface area contributed by atoms with E-state index in [1.807, 2.05) is 35.9 Å². The molecule has 2 unspecified atom stereocenters. The van der Waals surface area contributed by atoms with E-state index in [4.69, 9.17) is 0 Å². The van der Waals surface area contributed by atoms with Crippen molar-refractivity contribution in [1.82, 2.24) is 24.2 Å². The number of fused-ring (bicyclic) bond motifs is 1. The highest BCUT2D eigenvalue weighted by atomic mass is 16.3. The molecule has 0 spiro atoms. The van der Waals surface area contributed by atoms with E-state index in [0.29, 0.717) is 31.0 Å². The van der Waals surface area contributed by atoms with Gasteiger partial charge in [0.1, 0.15) is 6.61 Å². The minimum atomic E-state index is -0.473. The number of hydrogen-bond donors (Lipinski definition) is 1. The van der Waals surface area contributed by atoms with Gasteiger partial charge in [0.05, 0.1) is 16.9 Å². The van der Waals surface area contributed by atoms with E-state index in [0.717, 1.165) is 22.2 Å². The van der Waals surface area contributed by atoms with Crippen LogP contribution in [0.25, 0.3) is 22.0 Å². The monoisotopic (exact) mass is 500 g/mol. The van der Waals surface area contributed by atoms with Crippen molar-refractivity contribution in [1.29, 1.82) is 0 Å². The molecule has 5 rings (SSSR count). The molecular formula is C28H32N6O3. The van der Waals surface area contributed by atoms with Gasteiger partial charge in [-0.2, -0.15) is 0 Å². The fraction of sp³-hybridized carbons (Fsp3) is 0.357. The van der Waals surface area contributed by atoms with Crippen molar-refractivity contribution in [3.8, 4) is 11.1 Å². The Balaban J connectivity index is 1.44. The average molecular weight is 501 g/mol. The molecule has 1 aliphatic rings. The van der Waals surface area contributed by atoms with Crippen LogP contribution in [-0.4, -0.2) is 67.5 Å². The van der Waals surface area contributed by atoms with E-state index < -0.39 is 6.61 Å². The van der Waals surface area contributed by atoms with Crippen LogP contribution in [-0.2, 0) is 11.8 Å². The number of rotatable bonds is 5. The van der Waals surface area contributed by atoms with Crippen molar-refractivity contribution in [3.63, 3.8) is 0 Å². The largest absolute Gasteiger partial charge is 0.387 e. The van der Waals surface area contributed by atoms with Gasteiger partial charge in [-0.1, -0.05) is 35.9 Å². The number of aryl methyl sites for hydroxylation is 1. The second kappa shape index (κ2) is 9.82. The summed E-state index contributed by atoms with van der Waals surface area (Å²) < 4.78 is 3.73. The van der Waals surface area contributed by atoms with Gasteiger partial charge in [-0.25, -0.2) is 9.97 Å². The molecule has 4 aromatic rings. The zero-order valence-corrected chi connectivity index (χ0v) is 21.6. The number of hydrogen-bond acceptors (Lipinski definition) is 6. The highest BCUT2D eigenvalue weighted by molar-refractivity contribution is 5.84. The fourth-order valence-corrected chi connectivity index (χ4v) is 5.29. The Bertz CT molecular complexity index is 1510. The second-order valence-corrected chi connectivity index (χ2v) is 9.81. The predicted molar refractivity (Wildman–Crippen MR) is 144 cm³/mol. The molecule has 2 atom stereocenters. The number of piperazine rings is 1. The molecule has 0 aliphatic carbocycles. The van der Waals surface area contributed by atoms with E-state index in [2.05, 4.69) is 46.9 Å². The number of aromatic nitrogens is 4. The van der Waals surface area contributed by atoms with Gasteiger partial charge in [-0.15, -0.1) is 0 Å². The van der Waals surface area contributed by atoms with Crippen LogP contribution >= 0.6 is 0 Å². The van der Waals surface area contributed by atoms with Crippen molar-refractivity contribution in [2.24, 2.45) is 7.05 Å². The predicted octanol–water partition coefficient (Wildman–Crippen LogP) is 2.74. The zero-order valence-electron chi connectivity index (χ0n) is 21.6. The standard InChI is InChI=1S/C28H32N6O3/c1-18-6-5-7-21(12-18)20(3)34-25-13-22(8-9-24(25)27(37)31(34)4)23-14-29-28(30-15-23)32-10-11-33(19(2)16-32)26(36)17-35/h5-9,12-15,19-20,35H,10-11,16-17H2,1-4H3. The molecule has 37 heavy (non-hydrogen) atoms. The van der Waals surface area contributed by atoms with Gasteiger partial charge >= 0.3 is 0 Å². The first-order valence-electron chi connectivity index (χ1n) is 12.5. The number of nitrogens with zero attached hydrogens (tertiary/aromatic N) is 6. The molecule has 0 saturated carbocycles. The first-order valence-corrected chi connectivity index (χ1v) is 12.5. The summed E-state index contributed by atoms with van der Waals surface area (Å²) in [5.41, 5.74) is 4.95. The number of benzene rings is 2. The van der Waals surface area contributed by atoms with Gasteiger partial charge in [0.2, 0.25) is 11.9 Å². The summed E-state index contributed by atoms with van der Waals surface area (Å²) >= 11 is 0. The van der Waals surface area contributed by atoms with E-state index >= 15 is 0 Å². The first-order chi connectivity index (χ1) is 17.8. The van der Waals surface area contributed by atoms with Gasteiger partial charge in [0, 0.05) is 50.7 Å². The van der Waals surface area contributed by atoms with Crippen molar-refractivity contribution >= 4 is 22.8 Å². The SMILES string of the molecule is Cc1cccc(C(C)n2c3cc(-c4cnc(N5CCN(C(=O)CO)C(C)C5)nc4)ccc3c(=O)n2C)c1. The summed E-state index contributed by atoms with van der Waals surface area (Å²) in [6, 6.07) is 14.1. The number of amides is 1. The molecule has 0 bridgehead atoms. The van der Waals surface area contributed by atoms with Gasteiger partial charge in [0.15, 0.2) is 0 Å². The number of anilines is 1. The van der Waals surface area contributed by atoms with Gasteiger partial charge in [-0.3, -0.25) is 19.0 Å². The Hall–Kier alpha value is -3.98. The number of aliphatic hydroxyl groups is 1. The smallest absolute Gasteiger partial charge is 0.274 e. The summed E-state index contributed by atoms with van der Waals surface area (Å²) in [4.78, 5) is 37.9. The Morgan fingerprint density at radius 1 is 1.11 bits per heavy atom. The summed E-state index contributed by atoms with van der Waals surface area (Å²) in [5, 5.41) is 9.85. The molecule has 1 fully saturated rings. The summed E-state index contributed by atoms with van der Waals surface area (Å²) in [6.07, 6.45) is 3.60. The van der Waals surface area contributed by atoms with Crippen LogP contribution in [0.5, 0.6) is 0 Å². The van der Waals surface area contributed by atoms with E-state index in [-0.39, 0.29) is 23.6 Å². The summed E-state index contributed by atoms with van der Waals surface area (Å²) in [7, 11) is 1.81. The number of aliphatic hydroxyl groups excluding tert-OH is 1. The molecular weight excluding hydrogens is 468 g/mol. The Morgan fingerprint density at radius 2 is 1.86 bits per heavy atom. The molecule has 9 heteroatoms. The van der Waals surface area contributed by atoms with Crippen LogP contribution in [0.15, 0.2) is 59.7 Å². The minimum Gasteiger partial charge on any atom is -0.387 e. The van der Waals surface area contributed by atoms with Gasteiger partial charge in [0.25, 0.3) is 5.56 Å². The van der Waals surface area contributed by atoms with Crippen LogP contribution in [0.3, 0.4) is 0 Å². The first kappa shape index (κ1) is 24.7. The van der Waals surface area contributed by atoms with Crippen molar-refractivity contribution < 1.29 is 9.90 Å². The molecule has 9 nitrogen and oxygen atoms in total. The molecule has 1 amide bonds. The van der Waals surface area contributed by atoms with Crippen LogP contribution < -0.4 is 10.5 Å². The minimum absolute atomic E-state index is 0.0256. The van der Waals surface area contributed by atoms with Crippen molar-refractivity contribution in [2.45, 2.75) is 32.9 Å². The molecule has 1 N–H and O–H groups in total. The second-order valence-electron chi connectivity index (χ2n) is 9.81. The third-order valence-corrected chi connectivity index (χ3v) is 7.32. The molecule has 2 aromatic heterocycles. The molecule has 2 aromatic carbocycles.